The normalized spacial score (nSPS) is 10.3. The summed E-state index contributed by atoms with van der Waals surface area (Å²) in [7, 11) is 0. The highest BCUT2D eigenvalue weighted by molar-refractivity contribution is 5.36. The van der Waals surface area contributed by atoms with Crippen LogP contribution in [0, 0.1) is 0 Å². The van der Waals surface area contributed by atoms with E-state index in [1.807, 2.05) is 54.6 Å². The number of phenolic OH excluding ortho intramolecular Hbond substituents is 1. The van der Waals surface area contributed by atoms with Gasteiger partial charge in [-0.15, -0.1) is 0 Å². The highest BCUT2D eigenvalue weighted by Gasteiger charge is 2.16. The number of benzene rings is 2. The Balaban J connectivity index is 0.000000202. The van der Waals surface area contributed by atoms with Crippen LogP contribution in [-0.2, 0) is 5.41 Å². The van der Waals surface area contributed by atoms with Gasteiger partial charge < -0.3 is 5.11 Å². The van der Waals surface area contributed by atoms with Crippen LogP contribution in [0.1, 0.15) is 26.3 Å². The van der Waals surface area contributed by atoms with Crippen molar-refractivity contribution in [3.8, 4) is 5.75 Å². The summed E-state index contributed by atoms with van der Waals surface area (Å²) in [6, 6.07) is 19.5. The Morgan fingerprint density at radius 3 is 1.41 bits per heavy atom. The van der Waals surface area contributed by atoms with Crippen LogP contribution < -0.4 is 0 Å². The van der Waals surface area contributed by atoms with Gasteiger partial charge in [0.25, 0.3) is 0 Å². The lowest BCUT2D eigenvalue weighted by Crippen LogP contribution is -2.10. The molecule has 0 amide bonds. The van der Waals surface area contributed by atoms with Crippen LogP contribution in [0.2, 0.25) is 0 Å². The summed E-state index contributed by atoms with van der Waals surface area (Å²) in [5, 5.41) is 9.45. The molecule has 2 aromatic rings. The van der Waals surface area contributed by atoms with Crippen molar-refractivity contribution >= 4 is 0 Å². The number of para-hydroxylation sites is 1. The minimum absolute atomic E-state index is 0.0331. The molecule has 90 valence electrons. The van der Waals surface area contributed by atoms with Crippen molar-refractivity contribution in [3.63, 3.8) is 0 Å². The summed E-state index contributed by atoms with van der Waals surface area (Å²) in [5.74, 6) is 0.389. The Labute approximate surface area is 104 Å². The zero-order chi connectivity index (χ0) is 12.7. The summed E-state index contributed by atoms with van der Waals surface area (Å²) in [5.41, 5.74) is 1.03. The summed E-state index contributed by atoms with van der Waals surface area (Å²) < 4.78 is 0. The molecule has 0 aliphatic carbocycles. The molecule has 2 aromatic carbocycles. The van der Waals surface area contributed by atoms with Crippen LogP contribution in [0.15, 0.2) is 60.7 Å². The van der Waals surface area contributed by atoms with Crippen molar-refractivity contribution in [2.75, 3.05) is 0 Å². The largest absolute Gasteiger partial charge is 0.508 e. The van der Waals surface area contributed by atoms with Crippen molar-refractivity contribution in [2.45, 2.75) is 26.2 Å². The van der Waals surface area contributed by atoms with Gasteiger partial charge in [-0.25, -0.2) is 0 Å². The van der Waals surface area contributed by atoms with Crippen molar-refractivity contribution in [3.05, 3.63) is 66.2 Å². The lowest BCUT2D eigenvalue weighted by atomic mass is 9.86. The molecule has 0 spiro atoms. The molecule has 0 atom stereocenters. The lowest BCUT2D eigenvalue weighted by molar-refractivity contribution is 0.447. The molecule has 0 saturated carbocycles. The Morgan fingerprint density at radius 1 is 0.706 bits per heavy atom. The van der Waals surface area contributed by atoms with E-state index in [1.165, 1.54) is 0 Å². The van der Waals surface area contributed by atoms with Crippen LogP contribution in [0.25, 0.3) is 0 Å². The molecule has 0 fully saturated rings. The van der Waals surface area contributed by atoms with Gasteiger partial charge in [-0.05, 0) is 17.0 Å². The maximum Gasteiger partial charge on any atom is 0.119 e. The first-order valence-electron chi connectivity index (χ1n) is 5.80. The van der Waals surface area contributed by atoms with Crippen molar-refractivity contribution in [1.82, 2.24) is 0 Å². The van der Waals surface area contributed by atoms with Crippen molar-refractivity contribution in [2.24, 2.45) is 0 Å². The predicted octanol–water partition coefficient (Wildman–Crippen LogP) is 4.38. The molecule has 0 saturated heterocycles. The van der Waals surface area contributed by atoms with Gasteiger partial charge in [0.2, 0.25) is 0 Å². The van der Waals surface area contributed by atoms with Gasteiger partial charge in [0.15, 0.2) is 0 Å². The van der Waals surface area contributed by atoms with Crippen LogP contribution in [0.3, 0.4) is 0 Å². The van der Waals surface area contributed by atoms with Crippen LogP contribution in [0.4, 0.5) is 0 Å². The standard InChI is InChI=1S/C10H14O.C6H6/c1-10(2,3)8-6-4-5-7-9(8)11;1-2-4-6-5-3-1/h4-7,11H,1-3H3;1-6H. The van der Waals surface area contributed by atoms with Crippen molar-refractivity contribution < 1.29 is 5.11 Å². The fraction of sp³-hybridized carbons (Fsp3) is 0.250. The quantitative estimate of drug-likeness (QED) is 0.709. The monoisotopic (exact) mass is 228 g/mol. The molecule has 0 aliphatic heterocycles. The third kappa shape index (κ3) is 4.73. The fourth-order valence-corrected chi connectivity index (χ4v) is 1.49. The third-order valence-corrected chi connectivity index (χ3v) is 2.38. The van der Waals surface area contributed by atoms with E-state index in [4.69, 9.17) is 0 Å². The average molecular weight is 228 g/mol. The molecule has 0 aromatic heterocycles. The number of rotatable bonds is 0. The second-order valence-electron chi connectivity index (χ2n) is 4.92. The Morgan fingerprint density at radius 2 is 1.12 bits per heavy atom. The zero-order valence-electron chi connectivity index (χ0n) is 10.7. The molecule has 2 rings (SSSR count). The molecule has 1 heteroatoms. The number of aromatic hydroxyl groups is 1. The van der Waals surface area contributed by atoms with Crippen molar-refractivity contribution in [1.29, 1.82) is 0 Å². The molecular formula is C16H20O. The van der Waals surface area contributed by atoms with Gasteiger partial charge in [-0.3, -0.25) is 0 Å². The van der Waals surface area contributed by atoms with Gasteiger partial charge >= 0.3 is 0 Å². The number of phenols is 1. The van der Waals surface area contributed by atoms with Gasteiger partial charge in [-0.1, -0.05) is 75.4 Å². The molecular weight excluding hydrogens is 208 g/mol. The second-order valence-corrected chi connectivity index (χ2v) is 4.92. The molecule has 1 N–H and O–H groups in total. The molecule has 17 heavy (non-hydrogen) atoms. The third-order valence-electron chi connectivity index (χ3n) is 2.38. The van der Waals surface area contributed by atoms with Crippen LogP contribution >= 0.6 is 0 Å². The van der Waals surface area contributed by atoms with E-state index < -0.39 is 0 Å². The SMILES string of the molecule is CC(C)(C)c1ccccc1O.c1ccccc1. The highest BCUT2D eigenvalue weighted by atomic mass is 16.3. The van der Waals surface area contributed by atoms with Gasteiger partial charge in [0.1, 0.15) is 5.75 Å². The smallest absolute Gasteiger partial charge is 0.119 e. The second kappa shape index (κ2) is 6.09. The maximum absolute atomic E-state index is 9.45. The van der Waals surface area contributed by atoms with E-state index in [0.29, 0.717) is 5.75 Å². The average Bonchev–Trinajstić information content (AvgIpc) is 2.31. The Hall–Kier alpha value is -1.76. The molecule has 0 aliphatic rings. The maximum atomic E-state index is 9.45. The molecule has 0 heterocycles. The fourth-order valence-electron chi connectivity index (χ4n) is 1.49. The Bertz CT molecular complexity index is 400. The summed E-state index contributed by atoms with van der Waals surface area (Å²) in [6.07, 6.45) is 0. The summed E-state index contributed by atoms with van der Waals surface area (Å²) in [6.45, 7) is 6.26. The molecule has 0 bridgehead atoms. The molecule has 0 radical (unpaired) electrons. The Kier molecular flexibility index (Phi) is 4.77. The van der Waals surface area contributed by atoms with E-state index in [9.17, 15) is 5.11 Å². The van der Waals surface area contributed by atoms with Crippen LogP contribution in [-0.4, -0.2) is 5.11 Å². The zero-order valence-corrected chi connectivity index (χ0v) is 10.7. The molecule has 0 unspecified atom stereocenters. The van der Waals surface area contributed by atoms with Gasteiger partial charge in [0, 0.05) is 0 Å². The molecule has 1 nitrogen and oxygen atoms in total. The summed E-state index contributed by atoms with van der Waals surface area (Å²) in [4.78, 5) is 0. The number of hydrogen-bond donors (Lipinski definition) is 1. The first kappa shape index (κ1) is 13.3. The lowest BCUT2D eigenvalue weighted by Gasteiger charge is -2.19. The van der Waals surface area contributed by atoms with E-state index in [1.54, 1.807) is 6.07 Å². The predicted molar refractivity (Wildman–Crippen MR) is 73.2 cm³/mol. The highest BCUT2D eigenvalue weighted by Crippen LogP contribution is 2.29. The number of hydrogen-bond acceptors (Lipinski definition) is 1. The van der Waals surface area contributed by atoms with E-state index >= 15 is 0 Å². The van der Waals surface area contributed by atoms with Crippen LogP contribution in [0.5, 0.6) is 5.75 Å². The van der Waals surface area contributed by atoms with E-state index in [0.717, 1.165) is 5.56 Å². The van der Waals surface area contributed by atoms with Gasteiger partial charge in [-0.2, -0.15) is 0 Å². The minimum atomic E-state index is 0.0331. The van der Waals surface area contributed by atoms with E-state index in [2.05, 4.69) is 20.8 Å². The topological polar surface area (TPSA) is 20.2 Å². The first-order valence-corrected chi connectivity index (χ1v) is 5.80. The van der Waals surface area contributed by atoms with Gasteiger partial charge in [0.05, 0.1) is 0 Å². The first-order chi connectivity index (χ1) is 8.02. The van der Waals surface area contributed by atoms with E-state index in [-0.39, 0.29) is 5.41 Å². The summed E-state index contributed by atoms with van der Waals surface area (Å²) >= 11 is 0. The minimum Gasteiger partial charge on any atom is -0.508 e.